The number of nitrogens with one attached hydrogen (secondary N) is 2. The van der Waals surface area contributed by atoms with Crippen LogP contribution in [0.4, 0.5) is 0 Å². The van der Waals surface area contributed by atoms with Crippen molar-refractivity contribution in [2.45, 2.75) is 50.9 Å². The second-order valence-corrected chi connectivity index (χ2v) is 8.84. The minimum Gasteiger partial charge on any atom is -0.364 e. The minimum atomic E-state index is -0.271. The van der Waals surface area contributed by atoms with Gasteiger partial charge in [0, 0.05) is 44.4 Å². The van der Waals surface area contributed by atoms with Gasteiger partial charge in [-0.1, -0.05) is 19.3 Å². The van der Waals surface area contributed by atoms with E-state index in [2.05, 4.69) is 15.7 Å². The zero-order valence-corrected chi connectivity index (χ0v) is 18.2. The van der Waals surface area contributed by atoms with Gasteiger partial charge in [-0.05, 0) is 37.9 Å². The Bertz CT molecular complexity index is 709. The maximum absolute atomic E-state index is 12.7. The molecule has 2 fully saturated rings. The normalized spacial score (nSPS) is 18.6. The Morgan fingerprint density at radius 2 is 1.89 bits per heavy atom. The molecule has 1 aliphatic carbocycles. The molecule has 28 heavy (non-hydrogen) atoms. The molecule has 0 aromatic carbocycles. The number of thiocarbonyl (C=S) groups is 1. The Hall–Kier alpha value is -1.74. The largest absolute Gasteiger partial charge is 0.364 e. The molecule has 2 N–H and O–H groups in total. The molecular weight excluding hydrogens is 394 g/mol. The summed E-state index contributed by atoms with van der Waals surface area (Å²) in [7, 11) is 3.39. The molecule has 1 aromatic rings. The van der Waals surface area contributed by atoms with Crippen molar-refractivity contribution < 1.29 is 9.59 Å². The van der Waals surface area contributed by atoms with Crippen LogP contribution in [0.1, 0.15) is 66.4 Å². The number of nitrogens with zero attached hydrogens (tertiary/aromatic N) is 3. The summed E-state index contributed by atoms with van der Waals surface area (Å²) in [6.07, 6.45) is 7.57. The second-order valence-electron chi connectivity index (χ2n) is 7.56. The molecule has 1 saturated heterocycles. The van der Waals surface area contributed by atoms with Gasteiger partial charge in [-0.15, -0.1) is 11.3 Å². The third-order valence-electron chi connectivity index (χ3n) is 5.65. The van der Waals surface area contributed by atoms with Gasteiger partial charge in [-0.3, -0.25) is 20.0 Å². The van der Waals surface area contributed by atoms with Gasteiger partial charge in [0.15, 0.2) is 5.11 Å². The van der Waals surface area contributed by atoms with Crippen molar-refractivity contribution in [3.8, 4) is 0 Å². The summed E-state index contributed by atoms with van der Waals surface area (Å²) in [6, 6.07) is 0. The molecule has 9 heteroatoms. The lowest BCUT2D eigenvalue weighted by Crippen LogP contribution is -2.47. The Morgan fingerprint density at radius 3 is 2.54 bits per heavy atom. The molecule has 2 aliphatic rings. The van der Waals surface area contributed by atoms with Crippen LogP contribution in [0.15, 0.2) is 5.38 Å². The average molecular weight is 424 g/mol. The summed E-state index contributed by atoms with van der Waals surface area (Å²) in [5.41, 5.74) is 3.11. The summed E-state index contributed by atoms with van der Waals surface area (Å²) in [4.78, 5) is 31.6. The third kappa shape index (κ3) is 5.00. The highest BCUT2D eigenvalue weighted by atomic mass is 32.1. The van der Waals surface area contributed by atoms with Gasteiger partial charge in [0.2, 0.25) is 5.91 Å². The summed E-state index contributed by atoms with van der Waals surface area (Å²) >= 11 is 6.60. The molecule has 2 amide bonds. The number of carbonyl (C=O) groups excluding carboxylic acids is 2. The highest BCUT2D eigenvalue weighted by molar-refractivity contribution is 7.80. The van der Waals surface area contributed by atoms with Crippen molar-refractivity contribution in [3.05, 3.63) is 16.1 Å². The predicted octanol–water partition coefficient (Wildman–Crippen LogP) is 2.51. The van der Waals surface area contributed by atoms with Gasteiger partial charge in [0.25, 0.3) is 5.91 Å². The van der Waals surface area contributed by atoms with Gasteiger partial charge < -0.3 is 10.2 Å². The van der Waals surface area contributed by atoms with Crippen molar-refractivity contribution in [1.29, 1.82) is 0 Å². The van der Waals surface area contributed by atoms with E-state index in [1.807, 2.05) is 4.90 Å². The Morgan fingerprint density at radius 1 is 1.21 bits per heavy atom. The molecular formula is C19H29N5O2S2. The number of aromatic nitrogens is 1. The first-order valence-electron chi connectivity index (χ1n) is 10.00. The van der Waals surface area contributed by atoms with Crippen LogP contribution in [0.2, 0.25) is 0 Å². The van der Waals surface area contributed by atoms with Gasteiger partial charge in [0.05, 0.1) is 5.01 Å². The molecule has 1 aliphatic heterocycles. The molecule has 3 rings (SSSR count). The summed E-state index contributed by atoms with van der Waals surface area (Å²) < 4.78 is 0. The van der Waals surface area contributed by atoms with E-state index in [1.54, 1.807) is 19.5 Å². The fraction of sp³-hybridized carbons (Fsp3) is 0.684. The number of amides is 2. The highest BCUT2D eigenvalue weighted by Crippen LogP contribution is 2.32. The van der Waals surface area contributed by atoms with Crippen molar-refractivity contribution in [3.63, 3.8) is 0 Å². The number of likely N-dealkylation sites (tertiary alicyclic amines) is 1. The maximum Gasteiger partial charge on any atom is 0.289 e. The number of hydrazine groups is 1. The third-order valence-corrected chi connectivity index (χ3v) is 7.14. The van der Waals surface area contributed by atoms with Crippen LogP contribution >= 0.6 is 23.6 Å². The maximum atomic E-state index is 12.7. The Kier molecular flexibility index (Phi) is 7.23. The van der Waals surface area contributed by atoms with Crippen LogP contribution in [0.25, 0.3) is 0 Å². The molecule has 2 heterocycles. The Labute approximate surface area is 175 Å². The van der Waals surface area contributed by atoms with Gasteiger partial charge >= 0.3 is 0 Å². The van der Waals surface area contributed by atoms with E-state index in [0.29, 0.717) is 22.6 Å². The SMILES string of the molecule is CNC(=S)N(C)NC(=O)c1csc(C2CCN(C(=O)C3CCCCC3)CC2)n1. The quantitative estimate of drug-likeness (QED) is 0.575. The molecule has 7 nitrogen and oxygen atoms in total. The topological polar surface area (TPSA) is 77.6 Å². The molecule has 154 valence electrons. The lowest BCUT2D eigenvalue weighted by atomic mass is 9.87. The first-order chi connectivity index (χ1) is 13.5. The first kappa shape index (κ1) is 21.0. The number of rotatable bonds is 3. The molecule has 0 radical (unpaired) electrons. The zero-order valence-electron chi connectivity index (χ0n) is 16.6. The highest BCUT2D eigenvalue weighted by Gasteiger charge is 2.30. The van der Waals surface area contributed by atoms with Crippen molar-refractivity contribution in [2.24, 2.45) is 5.92 Å². The van der Waals surface area contributed by atoms with Crippen LogP contribution in [0.3, 0.4) is 0 Å². The lowest BCUT2D eigenvalue weighted by Gasteiger charge is -2.34. The van der Waals surface area contributed by atoms with Crippen LogP contribution < -0.4 is 10.7 Å². The number of thiazole rings is 1. The lowest BCUT2D eigenvalue weighted by molar-refractivity contribution is -0.137. The van der Waals surface area contributed by atoms with Gasteiger partial charge in [-0.25, -0.2) is 4.98 Å². The number of carbonyl (C=O) groups is 2. The zero-order chi connectivity index (χ0) is 20.1. The van der Waals surface area contributed by atoms with E-state index in [9.17, 15) is 9.59 Å². The molecule has 1 saturated carbocycles. The average Bonchev–Trinajstić information content (AvgIpc) is 3.23. The van der Waals surface area contributed by atoms with Crippen molar-refractivity contribution >= 4 is 40.5 Å². The summed E-state index contributed by atoms with van der Waals surface area (Å²) in [6.45, 7) is 1.58. The van der Waals surface area contributed by atoms with Gasteiger partial charge in [-0.2, -0.15) is 0 Å². The van der Waals surface area contributed by atoms with E-state index in [1.165, 1.54) is 35.6 Å². The fourth-order valence-electron chi connectivity index (χ4n) is 3.96. The van der Waals surface area contributed by atoms with Crippen LogP contribution in [0.5, 0.6) is 0 Å². The summed E-state index contributed by atoms with van der Waals surface area (Å²) in [5.74, 6) is 0.632. The number of piperidine rings is 1. The molecule has 0 atom stereocenters. The van der Waals surface area contributed by atoms with Crippen molar-refractivity contribution in [1.82, 2.24) is 25.6 Å². The van der Waals surface area contributed by atoms with E-state index in [4.69, 9.17) is 12.2 Å². The number of hydrogen-bond donors (Lipinski definition) is 2. The summed E-state index contributed by atoms with van der Waals surface area (Å²) in [5, 5.41) is 7.47. The van der Waals surface area contributed by atoms with Gasteiger partial charge in [0.1, 0.15) is 5.69 Å². The predicted molar refractivity (Wildman–Crippen MR) is 114 cm³/mol. The second kappa shape index (κ2) is 9.65. The van der Waals surface area contributed by atoms with E-state index in [0.717, 1.165) is 43.8 Å². The van der Waals surface area contributed by atoms with E-state index in [-0.39, 0.29) is 11.8 Å². The van der Waals surface area contributed by atoms with E-state index < -0.39 is 0 Å². The monoisotopic (exact) mass is 423 g/mol. The molecule has 0 bridgehead atoms. The van der Waals surface area contributed by atoms with Crippen LogP contribution in [0, 0.1) is 5.92 Å². The smallest absolute Gasteiger partial charge is 0.289 e. The minimum absolute atomic E-state index is 0.237. The first-order valence-corrected chi connectivity index (χ1v) is 11.3. The van der Waals surface area contributed by atoms with Crippen LogP contribution in [-0.4, -0.2) is 59.0 Å². The van der Waals surface area contributed by atoms with Crippen LogP contribution in [-0.2, 0) is 4.79 Å². The molecule has 1 aromatic heterocycles. The van der Waals surface area contributed by atoms with E-state index >= 15 is 0 Å². The van der Waals surface area contributed by atoms with Crippen molar-refractivity contribution in [2.75, 3.05) is 27.2 Å². The number of hydrogen-bond acceptors (Lipinski definition) is 5. The Balaban J connectivity index is 1.51. The standard InChI is InChI=1S/C19H29N5O2S2/c1-20-19(27)23(2)22-16(25)15-12-28-17(21-15)13-8-10-24(11-9-13)18(26)14-6-4-3-5-7-14/h12-14H,3-11H2,1-2H3,(H,20,27)(H,22,25). The fourth-order valence-corrected chi connectivity index (χ4v) is 4.98. The molecule has 0 spiro atoms. The molecule has 0 unspecified atom stereocenters.